The lowest BCUT2D eigenvalue weighted by Crippen LogP contribution is -2.40. The highest BCUT2D eigenvalue weighted by Crippen LogP contribution is 2.40. The Hall–Kier alpha value is -1.89. The lowest BCUT2D eigenvalue weighted by atomic mass is 9.78. The number of amides is 1. The van der Waals surface area contributed by atoms with Gasteiger partial charge in [-0.25, -0.2) is 0 Å². The summed E-state index contributed by atoms with van der Waals surface area (Å²) < 4.78 is 0. The number of piperidine rings is 1. The quantitative estimate of drug-likeness (QED) is 0.242. The minimum atomic E-state index is -0.183. The first kappa shape index (κ1) is 30.6. The Labute approximate surface area is 232 Å². The van der Waals surface area contributed by atoms with Gasteiger partial charge >= 0.3 is 0 Å². The van der Waals surface area contributed by atoms with Gasteiger partial charge in [-0.15, -0.1) is 0 Å². The van der Waals surface area contributed by atoms with E-state index in [9.17, 15) is 9.90 Å². The van der Waals surface area contributed by atoms with Crippen molar-refractivity contribution in [3.8, 4) is 5.75 Å². The third kappa shape index (κ3) is 9.39. The monoisotopic (exact) mass is 526 g/mol. The Kier molecular flexibility index (Phi) is 11.3. The number of likely N-dealkylation sites (tertiary alicyclic amines) is 1. The molecule has 1 aromatic rings. The Morgan fingerprint density at radius 3 is 2.08 bits per heavy atom. The molecular weight excluding hydrogens is 472 g/mol. The van der Waals surface area contributed by atoms with Crippen LogP contribution >= 0.6 is 0 Å². The van der Waals surface area contributed by atoms with Gasteiger partial charge in [0.05, 0.1) is 0 Å². The number of unbranched alkanes of at least 4 members (excludes halogenated alkanes) is 1. The molecule has 0 aliphatic carbocycles. The fourth-order valence-electron chi connectivity index (χ4n) is 5.54. The molecule has 2 aliphatic heterocycles. The Morgan fingerprint density at radius 1 is 0.974 bits per heavy atom. The molecule has 214 valence electrons. The molecule has 38 heavy (non-hydrogen) atoms. The van der Waals surface area contributed by atoms with Crippen LogP contribution in [0.2, 0.25) is 0 Å². The molecule has 0 saturated carbocycles. The SMILES string of the molecule is CC(C)(C)c1cc(/C=C/C(=O)N2CCC(CNCCCCNC[C@@H]3CCCN3)CC2)cc(C(C)(C)C)c1O. The van der Waals surface area contributed by atoms with E-state index < -0.39 is 0 Å². The van der Waals surface area contributed by atoms with Crippen LogP contribution in [0.4, 0.5) is 0 Å². The van der Waals surface area contributed by atoms with Gasteiger partial charge in [-0.05, 0) is 105 Å². The average molecular weight is 527 g/mol. The summed E-state index contributed by atoms with van der Waals surface area (Å²) in [6, 6.07) is 4.72. The summed E-state index contributed by atoms with van der Waals surface area (Å²) in [4.78, 5) is 14.9. The van der Waals surface area contributed by atoms with Gasteiger partial charge in [0.25, 0.3) is 0 Å². The summed E-state index contributed by atoms with van der Waals surface area (Å²) in [5, 5.41) is 21.7. The largest absolute Gasteiger partial charge is 0.507 e. The zero-order chi connectivity index (χ0) is 27.8. The molecule has 0 spiro atoms. The number of benzene rings is 1. The van der Waals surface area contributed by atoms with Gasteiger partial charge in [-0.3, -0.25) is 4.79 Å². The first-order valence-corrected chi connectivity index (χ1v) is 14.9. The number of nitrogens with zero attached hydrogens (tertiary/aromatic N) is 1. The first-order valence-electron chi connectivity index (χ1n) is 14.9. The van der Waals surface area contributed by atoms with Crippen LogP contribution < -0.4 is 16.0 Å². The van der Waals surface area contributed by atoms with Crippen LogP contribution in [-0.2, 0) is 15.6 Å². The Balaban J connectivity index is 1.38. The maximum atomic E-state index is 12.9. The van der Waals surface area contributed by atoms with E-state index in [0.29, 0.717) is 17.7 Å². The second-order valence-corrected chi connectivity index (χ2v) is 13.5. The van der Waals surface area contributed by atoms with Crippen molar-refractivity contribution in [3.63, 3.8) is 0 Å². The highest BCUT2D eigenvalue weighted by molar-refractivity contribution is 5.92. The van der Waals surface area contributed by atoms with Crippen LogP contribution in [0.25, 0.3) is 6.08 Å². The summed E-state index contributed by atoms with van der Waals surface area (Å²) in [6.07, 6.45) is 10.8. The molecule has 1 aromatic carbocycles. The molecule has 6 nitrogen and oxygen atoms in total. The fourth-order valence-corrected chi connectivity index (χ4v) is 5.54. The van der Waals surface area contributed by atoms with E-state index in [2.05, 4.69) is 57.5 Å². The van der Waals surface area contributed by atoms with Crippen LogP contribution in [-0.4, -0.2) is 67.8 Å². The smallest absolute Gasteiger partial charge is 0.246 e. The van der Waals surface area contributed by atoms with E-state index >= 15 is 0 Å². The zero-order valence-corrected chi connectivity index (χ0v) is 25.0. The number of phenols is 1. The van der Waals surface area contributed by atoms with Crippen molar-refractivity contribution < 1.29 is 9.90 Å². The second kappa shape index (κ2) is 14.0. The maximum absolute atomic E-state index is 12.9. The van der Waals surface area contributed by atoms with Crippen molar-refractivity contribution in [2.24, 2.45) is 5.92 Å². The first-order chi connectivity index (χ1) is 17.9. The number of aromatic hydroxyl groups is 1. The number of hydrogen-bond acceptors (Lipinski definition) is 5. The highest BCUT2D eigenvalue weighted by atomic mass is 16.3. The minimum Gasteiger partial charge on any atom is -0.507 e. The molecule has 0 unspecified atom stereocenters. The van der Waals surface area contributed by atoms with Gasteiger partial charge in [-0.1, -0.05) is 41.5 Å². The van der Waals surface area contributed by atoms with Gasteiger partial charge < -0.3 is 26.0 Å². The van der Waals surface area contributed by atoms with Gasteiger partial charge in [0.2, 0.25) is 5.91 Å². The average Bonchev–Trinajstić information content (AvgIpc) is 3.37. The Bertz CT molecular complexity index is 879. The second-order valence-electron chi connectivity index (χ2n) is 13.5. The van der Waals surface area contributed by atoms with E-state index in [1.54, 1.807) is 6.08 Å². The summed E-state index contributed by atoms with van der Waals surface area (Å²) in [6.45, 7) is 19.8. The van der Waals surface area contributed by atoms with Crippen LogP contribution in [0.15, 0.2) is 18.2 Å². The van der Waals surface area contributed by atoms with E-state index in [1.807, 2.05) is 23.1 Å². The van der Waals surface area contributed by atoms with Crippen molar-refractivity contribution in [1.82, 2.24) is 20.9 Å². The van der Waals surface area contributed by atoms with E-state index in [0.717, 1.165) is 68.8 Å². The van der Waals surface area contributed by atoms with Crippen LogP contribution in [0.1, 0.15) is 96.8 Å². The summed E-state index contributed by atoms with van der Waals surface area (Å²) in [5.41, 5.74) is 2.44. The van der Waals surface area contributed by atoms with E-state index in [4.69, 9.17) is 0 Å². The van der Waals surface area contributed by atoms with Gasteiger partial charge in [0.15, 0.2) is 0 Å². The third-order valence-electron chi connectivity index (χ3n) is 8.04. The number of nitrogens with one attached hydrogen (secondary N) is 3. The fraction of sp³-hybridized carbons (Fsp3) is 0.719. The van der Waals surface area contributed by atoms with Crippen molar-refractivity contribution in [2.75, 3.05) is 45.8 Å². The molecule has 2 saturated heterocycles. The zero-order valence-electron chi connectivity index (χ0n) is 25.0. The van der Waals surface area contributed by atoms with Crippen LogP contribution in [0, 0.1) is 5.92 Å². The normalized spacial score (nSPS) is 19.5. The molecule has 0 radical (unpaired) electrons. The Morgan fingerprint density at radius 2 is 1.55 bits per heavy atom. The number of carbonyl (C=O) groups is 1. The summed E-state index contributed by atoms with van der Waals surface area (Å²) in [5.74, 6) is 1.10. The van der Waals surface area contributed by atoms with Crippen LogP contribution in [0.5, 0.6) is 5.75 Å². The molecule has 3 rings (SSSR count). The maximum Gasteiger partial charge on any atom is 0.246 e. The molecule has 4 N–H and O–H groups in total. The van der Waals surface area contributed by atoms with Crippen molar-refractivity contribution in [2.45, 2.75) is 96.9 Å². The van der Waals surface area contributed by atoms with Crippen molar-refractivity contribution in [3.05, 3.63) is 34.9 Å². The number of carbonyl (C=O) groups excluding carboxylic acids is 1. The lowest BCUT2D eigenvalue weighted by Gasteiger charge is -2.31. The third-order valence-corrected chi connectivity index (χ3v) is 8.04. The molecule has 1 amide bonds. The molecule has 2 fully saturated rings. The van der Waals surface area contributed by atoms with Gasteiger partial charge in [0.1, 0.15) is 5.75 Å². The van der Waals surface area contributed by atoms with Gasteiger partial charge in [-0.2, -0.15) is 0 Å². The van der Waals surface area contributed by atoms with E-state index in [1.165, 1.54) is 32.2 Å². The summed E-state index contributed by atoms with van der Waals surface area (Å²) in [7, 11) is 0. The van der Waals surface area contributed by atoms with Gasteiger partial charge in [0, 0.05) is 42.9 Å². The molecule has 2 heterocycles. The summed E-state index contributed by atoms with van der Waals surface area (Å²) >= 11 is 0. The molecular formula is C32H54N4O2. The number of hydrogen-bond donors (Lipinski definition) is 4. The predicted molar refractivity (Wildman–Crippen MR) is 160 cm³/mol. The van der Waals surface area contributed by atoms with Crippen LogP contribution in [0.3, 0.4) is 0 Å². The molecule has 0 aromatic heterocycles. The standard InChI is InChI=1S/C32H54N4O2/c1-31(2,3)27-20-25(21-28(30(27)38)32(4,5)6)11-12-29(37)36-18-13-24(14-19-36)22-33-15-7-8-16-34-23-26-10-9-17-35-26/h11-12,20-21,24,26,33-35,38H,7-10,13-19,22-23H2,1-6H3/b12-11+/t26-/m0/s1. The van der Waals surface area contributed by atoms with Crippen molar-refractivity contribution >= 4 is 12.0 Å². The highest BCUT2D eigenvalue weighted by Gasteiger charge is 2.26. The lowest BCUT2D eigenvalue weighted by molar-refractivity contribution is -0.127. The number of rotatable bonds is 11. The molecule has 6 heteroatoms. The minimum absolute atomic E-state index is 0.0828. The topological polar surface area (TPSA) is 76.6 Å². The molecule has 1 atom stereocenters. The predicted octanol–water partition coefficient (Wildman–Crippen LogP) is 4.95. The van der Waals surface area contributed by atoms with Crippen molar-refractivity contribution in [1.29, 1.82) is 0 Å². The van der Waals surface area contributed by atoms with E-state index in [-0.39, 0.29) is 16.7 Å². The molecule has 0 bridgehead atoms. The molecule has 2 aliphatic rings. The number of phenolic OH excluding ortho intramolecular Hbond substituents is 1.